The topological polar surface area (TPSA) is 111 Å². The van der Waals surface area contributed by atoms with Gasteiger partial charge in [0.05, 0.1) is 23.2 Å². The Morgan fingerprint density at radius 1 is 1.09 bits per heavy atom. The summed E-state index contributed by atoms with van der Waals surface area (Å²) < 4.78 is 72.0. The number of halogens is 2. The number of rotatable bonds is 10. The lowest BCUT2D eigenvalue weighted by Gasteiger charge is -2.33. The van der Waals surface area contributed by atoms with E-state index in [1.165, 1.54) is 31.4 Å². The summed E-state index contributed by atoms with van der Waals surface area (Å²) in [6.45, 7) is 7.93. The number of aromatic nitrogens is 2. The summed E-state index contributed by atoms with van der Waals surface area (Å²) in [5, 5.41) is 0. The summed E-state index contributed by atoms with van der Waals surface area (Å²) in [7, 11) is -2.98. The largest absolute Gasteiger partial charge is 0.475 e. The van der Waals surface area contributed by atoms with Crippen molar-refractivity contribution in [2.45, 2.75) is 64.5 Å². The van der Waals surface area contributed by atoms with Gasteiger partial charge < -0.3 is 19.1 Å². The van der Waals surface area contributed by atoms with Crippen molar-refractivity contribution in [2.75, 3.05) is 37.9 Å². The number of anilines is 1. The van der Waals surface area contributed by atoms with Gasteiger partial charge in [-0.2, -0.15) is 13.8 Å². The van der Waals surface area contributed by atoms with Gasteiger partial charge in [0, 0.05) is 37.8 Å². The quantitative estimate of drug-likeness (QED) is 0.253. The molecule has 0 unspecified atom stereocenters. The Balaban J connectivity index is 1.90. The second-order valence-electron chi connectivity index (χ2n) is 11.6. The van der Waals surface area contributed by atoms with Crippen LogP contribution in [-0.2, 0) is 19.5 Å². The van der Waals surface area contributed by atoms with Crippen LogP contribution in [0.1, 0.15) is 55.1 Å². The number of ether oxygens (including phenoxy) is 3. The van der Waals surface area contributed by atoms with Gasteiger partial charge in [0.15, 0.2) is 0 Å². The van der Waals surface area contributed by atoms with E-state index >= 15 is 0 Å². The van der Waals surface area contributed by atoms with E-state index < -0.39 is 34.8 Å². The number of nitrogens with zero attached hydrogens (tertiary/aromatic N) is 4. The van der Waals surface area contributed by atoms with E-state index in [-0.39, 0.29) is 54.4 Å². The van der Waals surface area contributed by atoms with Crippen molar-refractivity contribution in [3.05, 3.63) is 65.2 Å². The van der Waals surface area contributed by atoms with Crippen LogP contribution in [0.15, 0.2) is 53.4 Å². The fourth-order valence-corrected chi connectivity index (χ4v) is 6.65. The van der Waals surface area contributed by atoms with Gasteiger partial charge in [-0.15, -0.1) is 0 Å². The first-order valence-corrected chi connectivity index (χ1v) is 16.2. The van der Waals surface area contributed by atoms with Gasteiger partial charge in [0.25, 0.3) is 15.9 Å². The average Bonchev–Trinajstić information content (AvgIpc) is 2.96. The van der Waals surface area contributed by atoms with Gasteiger partial charge >= 0.3 is 6.11 Å². The summed E-state index contributed by atoms with van der Waals surface area (Å²) in [6, 6.07) is 12.6. The molecule has 10 nitrogen and oxygen atoms in total. The molecule has 2 aromatic carbocycles. The molecule has 244 valence electrons. The Morgan fingerprint density at radius 3 is 2.42 bits per heavy atom. The minimum atomic E-state index is -4.34. The molecule has 0 aliphatic carbocycles. The highest BCUT2D eigenvalue weighted by Gasteiger charge is 2.33. The molecule has 1 aliphatic heterocycles. The Kier molecular flexibility index (Phi) is 10.8. The minimum Gasteiger partial charge on any atom is -0.475 e. The third-order valence-electron chi connectivity index (χ3n) is 7.33. The first-order valence-electron chi connectivity index (χ1n) is 14.7. The number of alkyl halides is 2. The first-order chi connectivity index (χ1) is 21.2. The number of methoxy groups -OCH3 is 1. The van der Waals surface area contributed by atoms with Gasteiger partial charge in [-0.05, 0) is 61.9 Å². The lowest BCUT2D eigenvalue weighted by atomic mass is 10.00. The van der Waals surface area contributed by atoms with Crippen molar-refractivity contribution >= 4 is 21.9 Å². The first kappa shape index (κ1) is 34.2. The van der Waals surface area contributed by atoms with Crippen LogP contribution in [0.25, 0.3) is 11.3 Å². The molecule has 1 aromatic heterocycles. The van der Waals surface area contributed by atoms with E-state index in [0.29, 0.717) is 19.0 Å². The summed E-state index contributed by atoms with van der Waals surface area (Å²) in [6.07, 6.45) is -2.66. The number of carbonyl (C=O) groups excluding carboxylic acids is 1. The molecule has 4 rings (SSSR count). The van der Waals surface area contributed by atoms with E-state index in [4.69, 9.17) is 9.47 Å². The van der Waals surface area contributed by atoms with Crippen molar-refractivity contribution in [3.8, 4) is 17.1 Å². The normalized spacial score (nSPS) is 17.0. The van der Waals surface area contributed by atoms with Gasteiger partial charge in [0.1, 0.15) is 13.3 Å². The highest BCUT2D eigenvalue weighted by molar-refractivity contribution is 7.92. The van der Waals surface area contributed by atoms with Gasteiger partial charge in [0.2, 0.25) is 11.8 Å². The third kappa shape index (κ3) is 8.33. The molecule has 0 spiro atoms. The average molecular weight is 647 g/mol. The standard InChI is InChI=1S/C32H40F2N4O6S/c1-21(2)16-25-19-43-28-18-27(29-22(3)10-7-11-23(29)4)35-31(36-28)38(20-42-6)45(40,41)26-13-8-12-24(17-26)30(39)37(25)14-9-15-44-32(5,33)34/h7-8,10-13,17-18,21,25H,9,14-16,19-20H2,1-6H3/t25-/m1/s1. The molecule has 3 aromatic rings. The number of sulfonamides is 1. The van der Waals surface area contributed by atoms with Crippen LogP contribution in [0.4, 0.5) is 14.7 Å². The molecule has 1 aliphatic rings. The van der Waals surface area contributed by atoms with Gasteiger partial charge in [-0.25, -0.2) is 17.7 Å². The smallest absolute Gasteiger partial charge is 0.352 e. The highest BCUT2D eigenvalue weighted by Crippen LogP contribution is 2.32. The van der Waals surface area contributed by atoms with Crippen molar-refractivity contribution in [1.82, 2.24) is 14.9 Å². The Labute approximate surface area is 263 Å². The summed E-state index contributed by atoms with van der Waals surface area (Å²) in [5.41, 5.74) is 3.22. The lowest BCUT2D eigenvalue weighted by molar-refractivity contribution is -0.224. The molecule has 4 bridgehead atoms. The maximum absolute atomic E-state index is 14.1. The van der Waals surface area contributed by atoms with Crippen molar-refractivity contribution in [2.24, 2.45) is 5.92 Å². The minimum absolute atomic E-state index is 0.00802. The molecule has 0 saturated carbocycles. The molecule has 45 heavy (non-hydrogen) atoms. The molecular weight excluding hydrogens is 606 g/mol. The molecule has 13 heteroatoms. The number of amides is 1. The Bertz CT molecular complexity index is 1590. The molecule has 2 heterocycles. The Morgan fingerprint density at radius 2 is 1.78 bits per heavy atom. The van der Waals surface area contributed by atoms with Gasteiger partial charge in [-0.1, -0.05) is 38.1 Å². The maximum Gasteiger partial charge on any atom is 0.352 e. The van der Waals surface area contributed by atoms with Crippen LogP contribution >= 0.6 is 0 Å². The molecule has 0 N–H and O–H groups in total. The number of hydrogen-bond donors (Lipinski definition) is 0. The second kappa shape index (κ2) is 14.2. The Hall–Kier alpha value is -3.68. The summed E-state index contributed by atoms with van der Waals surface area (Å²) in [5.74, 6) is -0.375. The van der Waals surface area contributed by atoms with E-state index in [1.54, 1.807) is 11.0 Å². The van der Waals surface area contributed by atoms with E-state index in [9.17, 15) is 22.0 Å². The van der Waals surface area contributed by atoms with Crippen molar-refractivity contribution in [1.29, 1.82) is 0 Å². The van der Waals surface area contributed by atoms with E-state index in [2.05, 4.69) is 14.7 Å². The van der Waals surface area contributed by atoms with Crippen LogP contribution in [0, 0.1) is 19.8 Å². The molecule has 1 atom stereocenters. The zero-order chi connectivity index (χ0) is 32.9. The number of aryl methyl sites for hydroxylation is 2. The monoisotopic (exact) mass is 646 g/mol. The van der Waals surface area contributed by atoms with E-state index in [0.717, 1.165) is 21.0 Å². The highest BCUT2D eigenvalue weighted by atomic mass is 32.2. The van der Waals surface area contributed by atoms with Crippen molar-refractivity contribution in [3.63, 3.8) is 0 Å². The summed E-state index contributed by atoms with van der Waals surface area (Å²) in [4.78, 5) is 24.6. The van der Waals surface area contributed by atoms with E-state index in [1.807, 2.05) is 45.9 Å². The lowest BCUT2D eigenvalue weighted by Crippen LogP contribution is -2.45. The van der Waals surface area contributed by atoms with Crippen LogP contribution in [0.2, 0.25) is 0 Å². The molecule has 1 amide bonds. The number of benzene rings is 2. The van der Waals surface area contributed by atoms with Crippen LogP contribution in [-0.4, -0.2) is 74.9 Å². The van der Waals surface area contributed by atoms with Crippen LogP contribution in [0.3, 0.4) is 0 Å². The molecular formula is C32H40F2N4O6S. The predicted molar refractivity (Wildman–Crippen MR) is 166 cm³/mol. The van der Waals surface area contributed by atoms with Gasteiger partial charge in [-0.3, -0.25) is 4.79 Å². The number of carbonyl (C=O) groups is 1. The fraction of sp³-hybridized carbons (Fsp3) is 0.469. The third-order valence-corrected chi connectivity index (χ3v) is 9.03. The number of fused-ring (bicyclic) bond motifs is 4. The van der Waals surface area contributed by atoms with Crippen LogP contribution in [0.5, 0.6) is 5.88 Å². The van der Waals surface area contributed by atoms with Crippen LogP contribution < -0.4 is 9.04 Å². The second-order valence-corrected chi connectivity index (χ2v) is 13.4. The zero-order valence-corrected chi connectivity index (χ0v) is 27.2. The molecule has 0 fully saturated rings. The molecule has 0 radical (unpaired) electrons. The fourth-order valence-electron chi connectivity index (χ4n) is 5.33. The number of hydrogen-bond acceptors (Lipinski definition) is 8. The molecule has 0 saturated heterocycles. The zero-order valence-electron chi connectivity index (χ0n) is 26.4. The maximum atomic E-state index is 14.1. The van der Waals surface area contributed by atoms with Crippen molar-refractivity contribution < 1.29 is 36.2 Å². The predicted octanol–water partition coefficient (Wildman–Crippen LogP) is 5.83. The summed E-state index contributed by atoms with van der Waals surface area (Å²) >= 11 is 0. The SMILES string of the molecule is COCN1c2nc(cc(-c3c(C)cccc3C)n2)OC[C@@H](CC(C)C)N(CCCOC(C)(F)F)C(=O)c2cccc(c2)S1(=O)=O.